The Morgan fingerprint density at radius 3 is 2.59 bits per heavy atom. The normalized spacial score (nSPS) is 10.2. The highest BCUT2D eigenvalue weighted by Gasteiger charge is 2.12. The van der Waals surface area contributed by atoms with Crippen molar-refractivity contribution in [2.24, 2.45) is 0 Å². The zero-order valence-electron chi connectivity index (χ0n) is 9.47. The molecule has 4 heteroatoms. The van der Waals surface area contributed by atoms with Crippen molar-refractivity contribution in [3.8, 4) is 11.3 Å². The SMILES string of the molecule is CCOC(=O)c1ccc(-c2ccc(N)cc2)o1. The van der Waals surface area contributed by atoms with Gasteiger partial charge in [0.25, 0.3) is 0 Å². The highest BCUT2D eigenvalue weighted by atomic mass is 16.5. The number of hydrogen-bond donors (Lipinski definition) is 1. The summed E-state index contributed by atoms with van der Waals surface area (Å²) in [5.41, 5.74) is 7.15. The molecule has 0 unspecified atom stereocenters. The summed E-state index contributed by atoms with van der Waals surface area (Å²) in [6.07, 6.45) is 0. The van der Waals surface area contributed by atoms with Gasteiger partial charge in [0.2, 0.25) is 5.76 Å². The smallest absolute Gasteiger partial charge is 0.374 e. The van der Waals surface area contributed by atoms with Crippen LogP contribution in [0.2, 0.25) is 0 Å². The van der Waals surface area contributed by atoms with Crippen molar-refractivity contribution in [3.63, 3.8) is 0 Å². The molecule has 1 aromatic heterocycles. The summed E-state index contributed by atoms with van der Waals surface area (Å²) >= 11 is 0. The van der Waals surface area contributed by atoms with Gasteiger partial charge in [-0.05, 0) is 43.3 Å². The number of esters is 1. The Morgan fingerprint density at radius 1 is 1.24 bits per heavy atom. The molecule has 0 bridgehead atoms. The van der Waals surface area contributed by atoms with E-state index in [9.17, 15) is 4.79 Å². The Balaban J connectivity index is 2.23. The van der Waals surface area contributed by atoms with Crippen LogP contribution in [0.1, 0.15) is 17.5 Å². The lowest BCUT2D eigenvalue weighted by Gasteiger charge is -1.99. The van der Waals surface area contributed by atoms with Crippen molar-refractivity contribution in [1.29, 1.82) is 0 Å². The second-order valence-electron chi connectivity index (χ2n) is 3.51. The molecule has 0 aliphatic heterocycles. The molecule has 0 fully saturated rings. The summed E-state index contributed by atoms with van der Waals surface area (Å²) < 4.78 is 10.3. The molecule has 88 valence electrons. The summed E-state index contributed by atoms with van der Waals surface area (Å²) in [6.45, 7) is 2.08. The van der Waals surface area contributed by atoms with Crippen molar-refractivity contribution in [2.75, 3.05) is 12.3 Å². The largest absolute Gasteiger partial charge is 0.460 e. The van der Waals surface area contributed by atoms with Gasteiger partial charge in [0.05, 0.1) is 6.61 Å². The van der Waals surface area contributed by atoms with Crippen molar-refractivity contribution in [3.05, 3.63) is 42.2 Å². The average molecular weight is 231 g/mol. The molecule has 2 N–H and O–H groups in total. The molecular weight excluding hydrogens is 218 g/mol. The highest BCUT2D eigenvalue weighted by molar-refractivity contribution is 5.87. The van der Waals surface area contributed by atoms with Crippen LogP contribution in [0.3, 0.4) is 0 Å². The van der Waals surface area contributed by atoms with Crippen LogP contribution in [0.4, 0.5) is 5.69 Å². The van der Waals surface area contributed by atoms with E-state index < -0.39 is 5.97 Å². The van der Waals surface area contributed by atoms with Gasteiger partial charge in [0.1, 0.15) is 5.76 Å². The number of nitrogen functional groups attached to an aromatic ring is 1. The van der Waals surface area contributed by atoms with Crippen LogP contribution < -0.4 is 5.73 Å². The number of benzene rings is 1. The van der Waals surface area contributed by atoms with Crippen molar-refractivity contribution < 1.29 is 13.9 Å². The number of nitrogens with two attached hydrogens (primary N) is 1. The first kappa shape index (κ1) is 11.3. The zero-order chi connectivity index (χ0) is 12.3. The maximum atomic E-state index is 11.4. The minimum absolute atomic E-state index is 0.207. The van der Waals surface area contributed by atoms with Crippen LogP contribution in [0.15, 0.2) is 40.8 Å². The maximum Gasteiger partial charge on any atom is 0.374 e. The Hall–Kier alpha value is -2.23. The number of anilines is 1. The van der Waals surface area contributed by atoms with Crippen LogP contribution >= 0.6 is 0 Å². The molecule has 0 aliphatic carbocycles. The van der Waals surface area contributed by atoms with Gasteiger partial charge in [0, 0.05) is 11.3 Å². The molecule has 0 saturated heterocycles. The second-order valence-corrected chi connectivity index (χ2v) is 3.51. The zero-order valence-corrected chi connectivity index (χ0v) is 9.47. The Bertz CT molecular complexity index is 514. The van der Waals surface area contributed by atoms with Crippen LogP contribution in [0, 0.1) is 0 Å². The highest BCUT2D eigenvalue weighted by Crippen LogP contribution is 2.23. The van der Waals surface area contributed by atoms with Gasteiger partial charge in [-0.15, -0.1) is 0 Å². The third kappa shape index (κ3) is 2.47. The van der Waals surface area contributed by atoms with Gasteiger partial charge in [-0.3, -0.25) is 0 Å². The van der Waals surface area contributed by atoms with E-state index in [1.165, 1.54) is 0 Å². The van der Waals surface area contributed by atoms with E-state index in [0.717, 1.165) is 5.56 Å². The third-order valence-electron chi connectivity index (χ3n) is 2.28. The first-order valence-corrected chi connectivity index (χ1v) is 5.33. The molecular formula is C13H13NO3. The molecule has 0 atom stereocenters. The standard InChI is InChI=1S/C13H13NO3/c1-2-16-13(15)12-8-7-11(17-12)9-3-5-10(14)6-4-9/h3-8H,2,14H2,1H3. The van der Waals surface area contributed by atoms with E-state index in [-0.39, 0.29) is 5.76 Å². The van der Waals surface area contributed by atoms with E-state index in [2.05, 4.69) is 0 Å². The third-order valence-corrected chi connectivity index (χ3v) is 2.28. The number of ether oxygens (including phenoxy) is 1. The van der Waals surface area contributed by atoms with Crippen LogP contribution in [0.5, 0.6) is 0 Å². The van der Waals surface area contributed by atoms with Gasteiger partial charge < -0.3 is 14.9 Å². The maximum absolute atomic E-state index is 11.4. The van der Waals surface area contributed by atoms with Crippen LogP contribution in [-0.4, -0.2) is 12.6 Å². The van der Waals surface area contributed by atoms with Gasteiger partial charge in [0.15, 0.2) is 0 Å². The minimum atomic E-state index is -0.450. The molecule has 2 aromatic rings. The lowest BCUT2D eigenvalue weighted by Crippen LogP contribution is -2.02. The molecule has 0 saturated carbocycles. The summed E-state index contributed by atoms with van der Waals surface area (Å²) in [5.74, 6) is 0.376. The van der Waals surface area contributed by atoms with Crippen LogP contribution in [0.25, 0.3) is 11.3 Å². The number of hydrogen-bond acceptors (Lipinski definition) is 4. The molecule has 0 aliphatic rings. The first-order valence-electron chi connectivity index (χ1n) is 5.33. The van der Waals surface area contributed by atoms with Crippen molar-refractivity contribution in [1.82, 2.24) is 0 Å². The van der Waals surface area contributed by atoms with E-state index in [0.29, 0.717) is 18.1 Å². The molecule has 17 heavy (non-hydrogen) atoms. The lowest BCUT2D eigenvalue weighted by molar-refractivity contribution is 0.0491. The van der Waals surface area contributed by atoms with Crippen LogP contribution in [-0.2, 0) is 4.74 Å². The molecule has 1 heterocycles. The fourth-order valence-electron chi connectivity index (χ4n) is 1.45. The van der Waals surface area contributed by atoms with E-state index in [1.807, 2.05) is 12.1 Å². The molecule has 0 amide bonds. The predicted octanol–water partition coefficient (Wildman–Crippen LogP) is 2.71. The summed E-state index contributed by atoms with van der Waals surface area (Å²) in [6, 6.07) is 10.6. The van der Waals surface area contributed by atoms with Crippen molar-refractivity contribution in [2.45, 2.75) is 6.92 Å². The minimum Gasteiger partial charge on any atom is -0.460 e. The van der Waals surface area contributed by atoms with Gasteiger partial charge >= 0.3 is 5.97 Å². The lowest BCUT2D eigenvalue weighted by atomic mass is 10.1. The van der Waals surface area contributed by atoms with E-state index in [1.54, 1.807) is 31.2 Å². The fourth-order valence-corrected chi connectivity index (χ4v) is 1.45. The second kappa shape index (κ2) is 4.74. The Kier molecular flexibility index (Phi) is 3.14. The first-order chi connectivity index (χ1) is 8.20. The number of carbonyl (C=O) groups is 1. The molecule has 2 rings (SSSR count). The van der Waals surface area contributed by atoms with Gasteiger partial charge in [-0.2, -0.15) is 0 Å². The average Bonchev–Trinajstić information content (AvgIpc) is 2.80. The molecule has 4 nitrogen and oxygen atoms in total. The topological polar surface area (TPSA) is 65.5 Å². The van der Waals surface area contributed by atoms with Crippen molar-refractivity contribution >= 4 is 11.7 Å². The molecule has 1 aromatic carbocycles. The summed E-state index contributed by atoms with van der Waals surface area (Å²) in [7, 11) is 0. The monoisotopic (exact) mass is 231 g/mol. The molecule has 0 radical (unpaired) electrons. The number of rotatable bonds is 3. The van der Waals surface area contributed by atoms with E-state index in [4.69, 9.17) is 14.9 Å². The van der Waals surface area contributed by atoms with Gasteiger partial charge in [-0.1, -0.05) is 0 Å². The Labute approximate surface area is 99.0 Å². The summed E-state index contributed by atoms with van der Waals surface area (Å²) in [5, 5.41) is 0. The predicted molar refractivity (Wildman–Crippen MR) is 64.5 cm³/mol. The summed E-state index contributed by atoms with van der Waals surface area (Å²) in [4.78, 5) is 11.4. The Morgan fingerprint density at radius 2 is 1.94 bits per heavy atom. The molecule has 0 spiro atoms. The van der Waals surface area contributed by atoms with E-state index >= 15 is 0 Å². The number of carbonyl (C=O) groups excluding carboxylic acids is 1. The quantitative estimate of drug-likeness (QED) is 0.651. The number of furan rings is 1. The fraction of sp³-hybridized carbons (Fsp3) is 0.154. The van der Waals surface area contributed by atoms with Gasteiger partial charge in [-0.25, -0.2) is 4.79 Å².